The van der Waals surface area contributed by atoms with E-state index in [0.29, 0.717) is 28.6 Å². The smallest absolute Gasteiger partial charge is 0.251 e. The van der Waals surface area contributed by atoms with Gasteiger partial charge in [0.25, 0.3) is 5.91 Å². The number of fused-ring (bicyclic) bond motifs is 1. The van der Waals surface area contributed by atoms with Crippen molar-refractivity contribution in [3.05, 3.63) is 93.5 Å². The van der Waals surface area contributed by atoms with Crippen LogP contribution in [-0.2, 0) is 17.1 Å². The molecular weight excluding hydrogens is 454 g/mol. The fourth-order valence-electron chi connectivity index (χ4n) is 3.67. The van der Waals surface area contributed by atoms with Crippen LogP contribution in [0.15, 0.2) is 60.7 Å². The average Bonchev–Trinajstić information content (AvgIpc) is 2.80. The Balaban J connectivity index is 1.35. The molecule has 0 radical (unpaired) electrons. The van der Waals surface area contributed by atoms with Crippen LogP contribution < -0.4 is 16.0 Å². The zero-order valence-corrected chi connectivity index (χ0v) is 20.1. The lowest BCUT2D eigenvalue weighted by Gasteiger charge is -2.27. The minimum absolute atomic E-state index is 0.0930. The van der Waals surface area contributed by atoms with E-state index in [0.717, 1.165) is 17.0 Å². The molecule has 0 spiro atoms. The van der Waals surface area contributed by atoms with Crippen LogP contribution in [0.1, 0.15) is 32.6 Å². The van der Waals surface area contributed by atoms with Gasteiger partial charge in [0, 0.05) is 28.6 Å². The van der Waals surface area contributed by atoms with Gasteiger partial charge in [-0.15, -0.1) is 0 Å². The molecule has 3 N–H and O–H groups in total. The third-order valence-corrected chi connectivity index (χ3v) is 7.08. The molecule has 0 saturated carbocycles. The number of amides is 2. The molecule has 5 nitrogen and oxygen atoms in total. The first kappa shape index (κ1) is 23.2. The molecule has 170 valence electrons. The second-order valence-corrected chi connectivity index (χ2v) is 9.60. The van der Waals surface area contributed by atoms with Crippen molar-refractivity contribution in [1.82, 2.24) is 5.32 Å². The number of hydrogen-bond donors (Lipinski definition) is 3. The van der Waals surface area contributed by atoms with E-state index in [1.54, 1.807) is 30.0 Å². The topological polar surface area (TPSA) is 70.2 Å². The van der Waals surface area contributed by atoms with Gasteiger partial charge in [-0.25, -0.2) is 0 Å². The third kappa shape index (κ3) is 5.70. The molecule has 7 heteroatoms. The highest BCUT2D eigenvalue weighted by Gasteiger charge is 2.26. The Labute approximate surface area is 203 Å². The first-order valence-corrected chi connectivity index (χ1v) is 12.3. The van der Waals surface area contributed by atoms with Gasteiger partial charge in [0.1, 0.15) is 6.04 Å². The van der Waals surface area contributed by atoms with Crippen LogP contribution in [0.2, 0.25) is 5.02 Å². The summed E-state index contributed by atoms with van der Waals surface area (Å²) in [6.07, 6.45) is 0. The fraction of sp³-hybridized carbons (Fsp3) is 0.231. The summed E-state index contributed by atoms with van der Waals surface area (Å²) in [4.78, 5) is 25.2. The average molecular weight is 480 g/mol. The lowest BCUT2D eigenvalue weighted by atomic mass is 10.1. The van der Waals surface area contributed by atoms with Crippen LogP contribution in [0.3, 0.4) is 0 Å². The van der Waals surface area contributed by atoms with Gasteiger partial charge < -0.3 is 16.0 Å². The van der Waals surface area contributed by atoms with Crippen LogP contribution in [0.5, 0.6) is 0 Å². The maximum Gasteiger partial charge on any atom is 0.251 e. The van der Waals surface area contributed by atoms with Crippen molar-refractivity contribution >= 4 is 46.6 Å². The second-order valence-electron chi connectivity index (χ2n) is 8.17. The summed E-state index contributed by atoms with van der Waals surface area (Å²) in [6, 6.07) is 18.8. The van der Waals surface area contributed by atoms with E-state index < -0.39 is 0 Å². The fourth-order valence-corrected chi connectivity index (χ4v) is 4.99. The summed E-state index contributed by atoms with van der Waals surface area (Å²) in [5.41, 5.74) is 6.55. The van der Waals surface area contributed by atoms with Crippen LogP contribution in [0.4, 0.5) is 11.4 Å². The van der Waals surface area contributed by atoms with Gasteiger partial charge in [0.05, 0.1) is 11.4 Å². The molecular formula is C26H26ClN3O2S. The minimum atomic E-state index is -0.326. The van der Waals surface area contributed by atoms with E-state index in [-0.39, 0.29) is 17.9 Å². The molecule has 1 aliphatic heterocycles. The summed E-state index contributed by atoms with van der Waals surface area (Å²) in [7, 11) is 0. The molecule has 1 unspecified atom stereocenters. The van der Waals surface area contributed by atoms with E-state index in [2.05, 4.69) is 48.0 Å². The van der Waals surface area contributed by atoms with Gasteiger partial charge in [-0.1, -0.05) is 53.6 Å². The predicted octanol–water partition coefficient (Wildman–Crippen LogP) is 5.55. The Morgan fingerprint density at radius 2 is 1.85 bits per heavy atom. The first-order chi connectivity index (χ1) is 15.9. The number of carbonyl (C=O) groups is 2. The quantitative estimate of drug-likeness (QED) is 0.415. The van der Waals surface area contributed by atoms with Gasteiger partial charge in [0.2, 0.25) is 5.91 Å². The Bertz CT molecular complexity index is 1200. The van der Waals surface area contributed by atoms with Crippen molar-refractivity contribution in [2.24, 2.45) is 0 Å². The second kappa shape index (κ2) is 10.3. The molecule has 0 fully saturated rings. The van der Waals surface area contributed by atoms with Gasteiger partial charge in [-0.3, -0.25) is 9.59 Å². The normalized spacial score (nSPS) is 14.8. The molecule has 1 aliphatic rings. The number of rotatable bonds is 7. The Morgan fingerprint density at radius 1 is 1.03 bits per heavy atom. The Kier molecular flexibility index (Phi) is 7.26. The highest BCUT2D eigenvalue weighted by Crippen LogP contribution is 2.29. The van der Waals surface area contributed by atoms with Crippen molar-refractivity contribution < 1.29 is 9.59 Å². The number of nitrogens with one attached hydrogen (secondary N) is 3. The van der Waals surface area contributed by atoms with E-state index in [4.69, 9.17) is 11.6 Å². The molecule has 3 aromatic rings. The van der Waals surface area contributed by atoms with Gasteiger partial charge in [0.15, 0.2) is 0 Å². The molecule has 1 atom stereocenters. The van der Waals surface area contributed by atoms with E-state index >= 15 is 0 Å². The minimum Gasteiger partial charge on any atom is -0.371 e. The molecule has 0 aromatic heterocycles. The van der Waals surface area contributed by atoms with Crippen LogP contribution in [0, 0.1) is 13.8 Å². The van der Waals surface area contributed by atoms with Crippen molar-refractivity contribution in [2.75, 3.05) is 16.4 Å². The third-order valence-electron chi connectivity index (χ3n) is 5.63. The zero-order chi connectivity index (χ0) is 23.4. The van der Waals surface area contributed by atoms with Crippen molar-refractivity contribution in [2.45, 2.75) is 32.2 Å². The number of carbonyl (C=O) groups excluding carboxylic acids is 2. The number of aryl methyl sites for hydroxylation is 2. The number of thioether (sulfide) groups is 1. The lowest BCUT2D eigenvalue weighted by Crippen LogP contribution is -2.40. The Morgan fingerprint density at radius 3 is 2.67 bits per heavy atom. The summed E-state index contributed by atoms with van der Waals surface area (Å²) < 4.78 is 0. The summed E-state index contributed by atoms with van der Waals surface area (Å²) in [6.45, 7) is 4.53. The number of anilines is 2. The van der Waals surface area contributed by atoms with Crippen LogP contribution in [-0.4, -0.2) is 23.6 Å². The molecule has 0 saturated heterocycles. The number of halogens is 1. The largest absolute Gasteiger partial charge is 0.371 e. The lowest BCUT2D eigenvalue weighted by molar-refractivity contribution is -0.116. The highest BCUT2D eigenvalue weighted by atomic mass is 35.5. The van der Waals surface area contributed by atoms with E-state index in [9.17, 15) is 9.59 Å². The highest BCUT2D eigenvalue weighted by molar-refractivity contribution is 7.98. The summed E-state index contributed by atoms with van der Waals surface area (Å²) >= 11 is 7.88. The maximum atomic E-state index is 12.6. The monoisotopic (exact) mass is 479 g/mol. The van der Waals surface area contributed by atoms with Crippen molar-refractivity contribution in [3.63, 3.8) is 0 Å². The van der Waals surface area contributed by atoms with Gasteiger partial charge >= 0.3 is 0 Å². The van der Waals surface area contributed by atoms with E-state index in [1.165, 1.54) is 16.7 Å². The zero-order valence-electron chi connectivity index (χ0n) is 18.6. The van der Waals surface area contributed by atoms with Gasteiger partial charge in [-0.2, -0.15) is 11.8 Å². The van der Waals surface area contributed by atoms with Crippen molar-refractivity contribution in [1.29, 1.82) is 0 Å². The van der Waals surface area contributed by atoms with E-state index in [1.807, 2.05) is 24.3 Å². The van der Waals surface area contributed by atoms with Gasteiger partial charge in [-0.05, 0) is 54.8 Å². The van der Waals surface area contributed by atoms with Crippen molar-refractivity contribution in [3.8, 4) is 0 Å². The molecule has 33 heavy (non-hydrogen) atoms. The number of hydrogen-bond acceptors (Lipinski definition) is 4. The first-order valence-electron chi connectivity index (χ1n) is 10.8. The summed E-state index contributed by atoms with van der Waals surface area (Å²) in [5.74, 6) is 1.19. The predicted molar refractivity (Wildman–Crippen MR) is 137 cm³/mol. The SMILES string of the molecule is Cc1ccc(C)c(CSCC2Nc3ccc(C(=O)NCc4ccccc4Cl)cc3NC2=O)c1. The number of benzene rings is 3. The molecule has 0 aliphatic carbocycles. The maximum absolute atomic E-state index is 12.6. The van der Waals surface area contributed by atoms with Crippen LogP contribution in [0.25, 0.3) is 0 Å². The molecule has 0 bridgehead atoms. The molecule has 3 aromatic carbocycles. The van der Waals surface area contributed by atoms with Crippen LogP contribution >= 0.6 is 23.4 Å². The molecule has 1 heterocycles. The standard InChI is InChI=1S/C26H26ClN3O2S/c1-16-7-8-17(2)20(11-16)14-33-15-24-26(32)30-23-12-18(9-10-22(23)29-24)25(31)28-13-19-5-3-4-6-21(19)27/h3-12,24,29H,13-15H2,1-2H3,(H,28,31)(H,30,32). The molecule has 2 amide bonds. The summed E-state index contributed by atoms with van der Waals surface area (Å²) in [5, 5.41) is 9.74. The molecule has 4 rings (SSSR count). The Hall–Kier alpha value is -2.96.